The highest BCUT2D eigenvalue weighted by atomic mass is 19.1. The second kappa shape index (κ2) is 2.39. The lowest BCUT2D eigenvalue weighted by Gasteiger charge is -1.93. The fraction of sp³-hybridized carbons (Fsp3) is 0.200. The minimum absolute atomic E-state index is 0.316. The van der Waals surface area contributed by atoms with Crippen LogP contribution in [0, 0.1) is 5.95 Å². The molecule has 0 aliphatic carbocycles. The number of ether oxygens (including phenoxy) is 1. The number of methoxy groups -OCH3 is 1. The van der Waals surface area contributed by atoms with Crippen LogP contribution in [0.25, 0.3) is 0 Å². The molecule has 1 aromatic heterocycles. The molecule has 0 unspecified atom stereocenters. The van der Waals surface area contributed by atoms with Crippen molar-refractivity contribution in [2.24, 2.45) is 0 Å². The van der Waals surface area contributed by atoms with Crippen molar-refractivity contribution in [3.05, 3.63) is 18.3 Å². The Morgan fingerprint density at radius 2 is 2.22 bits per heavy atom. The molecule has 9 heavy (non-hydrogen) atoms. The van der Waals surface area contributed by atoms with Crippen LogP contribution in [-0.4, -0.2) is 17.1 Å². The fourth-order valence-corrected chi connectivity index (χ4v) is 0.406. The van der Waals surface area contributed by atoms with Gasteiger partial charge in [-0.1, -0.05) is 0 Å². The van der Waals surface area contributed by atoms with E-state index in [-0.39, 0.29) is 0 Å². The molecule has 1 heterocycles. The third-order valence-corrected chi connectivity index (χ3v) is 0.806. The summed E-state index contributed by atoms with van der Waals surface area (Å²) < 4.78 is 16.6. The lowest BCUT2D eigenvalue weighted by atomic mass is 10.7. The Kier molecular flexibility index (Phi) is 1.58. The van der Waals surface area contributed by atoms with Gasteiger partial charge in [0.25, 0.3) is 0 Å². The van der Waals surface area contributed by atoms with Gasteiger partial charge in [-0.05, 0) is 0 Å². The van der Waals surface area contributed by atoms with Gasteiger partial charge in [-0.3, -0.25) is 0 Å². The van der Waals surface area contributed by atoms with Gasteiger partial charge in [0, 0.05) is 0 Å². The minimum atomic E-state index is -0.601. The second-order valence-electron chi connectivity index (χ2n) is 1.38. The summed E-state index contributed by atoms with van der Waals surface area (Å²) in [4.78, 5) is 6.83. The lowest BCUT2D eigenvalue weighted by Crippen LogP contribution is -1.89. The van der Waals surface area contributed by atoms with Crippen molar-refractivity contribution in [2.75, 3.05) is 7.11 Å². The average Bonchev–Trinajstić information content (AvgIpc) is 1.90. The van der Waals surface area contributed by atoms with Gasteiger partial charge in [-0.15, -0.1) is 0 Å². The molecule has 0 N–H and O–H groups in total. The van der Waals surface area contributed by atoms with E-state index in [1.54, 1.807) is 0 Å². The summed E-state index contributed by atoms with van der Waals surface area (Å²) in [7, 11) is 1.45. The van der Waals surface area contributed by atoms with Crippen molar-refractivity contribution in [3.63, 3.8) is 0 Å². The number of halogens is 1. The predicted octanol–water partition coefficient (Wildman–Crippen LogP) is 0.624. The normalized spacial score (nSPS) is 9.11. The van der Waals surface area contributed by atoms with Crippen LogP contribution in [0.3, 0.4) is 0 Å². The summed E-state index contributed by atoms with van der Waals surface area (Å²) in [6.07, 6.45) is 2.22. The average molecular weight is 128 g/mol. The molecule has 0 aliphatic heterocycles. The van der Waals surface area contributed by atoms with E-state index in [1.807, 2.05) is 0 Å². The Morgan fingerprint density at radius 3 is 2.67 bits per heavy atom. The summed E-state index contributed by atoms with van der Waals surface area (Å²) >= 11 is 0. The van der Waals surface area contributed by atoms with Gasteiger partial charge < -0.3 is 4.74 Å². The number of nitrogens with zero attached hydrogens (tertiary/aromatic N) is 2. The van der Waals surface area contributed by atoms with Crippen molar-refractivity contribution < 1.29 is 9.13 Å². The Bertz CT molecular complexity index is 187. The van der Waals surface area contributed by atoms with Gasteiger partial charge in [0.15, 0.2) is 0 Å². The zero-order valence-corrected chi connectivity index (χ0v) is 4.84. The third-order valence-electron chi connectivity index (χ3n) is 0.806. The molecule has 0 amide bonds. The summed E-state index contributed by atoms with van der Waals surface area (Å²) in [5.41, 5.74) is 0. The molecule has 0 fully saturated rings. The van der Waals surface area contributed by atoms with Crippen molar-refractivity contribution in [1.82, 2.24) is 9.97 Å². The van der Waals surface area contributed by atoms with Gasteiger partial charge >= 0.3 is 0 Å². The first-order valence-corrected chi connectivity index (χ1v) is 2.34. The number of hydrogen-bond donors (Lipinski definition) is 0. The van der Waals surface area contributed by atoms with E-state index in [0.717, 1.165) is 6.20 Å². The van der Waals surface area contributed by atoms with Crippen molar-refractivity contribution in [3.8, 4) is 5.88 Å². The highest BCUT2D eigenvalue weighted by Gasteiger charge is 1.91. The standard InChI is InChI=1S/C5H5FN2O/c1-9-5-3-7-4(6)2-8-5/h2-3H,1H3. The van der Waals surface area contributed by atoms with Crippen LogP contribution in [0.1, 0.15) is 0 Å². The third kappa shape index (κ3) is 1.35. The number of aromatic nitrogens is 2. The van der Waals surface area contributed by atoms with E-state index in [1.165, 1.54) is 13.3 Å². The highest BCUT2D eigenvalue weighted by molar-refractivity contribution is 5.01. The molecular formula is C5H5FN2O. The molecule has 0 aliphatic rings. The first kappa shape index (κ1) is 5.94. The fourth-order valence-electron chi connectivity index (χ4n) is 0.406. The molecule has 0 saturated carbocycles. The molecule has 0 aromatic carbocycles. The summed E-state index contributed by atoms with van der Waals surface area (Å²) in [5.74, 6) is -0.285. The smallest absolute Gasteiger partial charge is 0.232 e. The van der Waals surface area contributed by atoms with Gasteiger partial charge in [0.1, 0.15) is 0 Å². The Balaban J connectivity index is 2.88. The van der Waals surface area contributed by atoms with Crippen LogP contribution < -0.4 is 4.74 Å². The Morgan fingerprint density at radius 1 is 1.44 bits per heavy atom. The maximum atomic E-state index is 12.0. The maximum Gasteiger partial charge on any atom is 0.232 e. The van der Waals surface area contributed by atoms with E-state index in [2.05, 4.69) is 14.7 Å². The first-order chi connectivity index (χ1) is 4.33. The molecule has 0 spiro atoms. The van der Waals surface area contributed by atoms with Crippen LogP contribution >= 0.6 is 0 Å². The maximum absolute atomic E-state index is 12.0. The van der Waals surface area contributed by atoms with Crippen molar-refractivity contribution in [2.45, 2.75) is 0 Å². The SMILES string of the molecule is COc1cnc(F)cn1. The lowest BCUT2D eigenvalue weighted by molar-refractivity contribution is 0.391. The molecule has 0 atom stereocenters. The van der Waals surface area contributed by atoms with Gasteiger partial charge in [0.2, 0.25) is 11.8 Å². The van der Waals surface area contributed by atoms with E-state index in [9.17, 15) is 4.39 Å². The summed E-state index contributed by atoms with van der Waals surface area (Å²) in [5, 5.41) is 0. The zero-order valence-electron chi connectivity index (χ0n) is 4.84. The Labute approximate surface area is 51.5 Å². The van der Waals surface area contributed by atoms with Crippen molar-refractivity contribution >= 4 is 0 Å². The highest BCUT2D eigenvalue weighted by Crippen LogP contribution is 1.99. The molecule has 0 saturated heterocycles. The van der Waals surface area contributed by atoms with Crippen LogP contribution in [-0.2, 0) is 0 Å². The largest absolute Gasteiger partial charge is 0.480 e. The van der Waals surface area contributed by atoms with E-state index in [0.29, 0.717) is 5.88 Å². The molecule has 0 bridgehead atoms. The van der Waals surface area contributed by atoms with Gasteiger partial charge in [0.05, 0.1) is 19.5 Å². The summed E-state index contributed by atoms with van der Waals surface area (Å²) in [6, 6.07) is 0. The van der Waals surface area contributed by atoms with Gasteiger partial charge in [-0.2, -0.15) is 4.39 Å². The minimum Gasteiger partial charge on any atom is -0.480 e. The molecule has 48 valence electrons. The second-order valence-corrected chi connectivity index (χ2v) is 1.38. The van der Waals surface area contributed by atoms with Crippen LogP contribution in [0.5, 0.6) is 5.88 Å². The predicted molar refractivity (Wildman–Crippen MR) is 28.5 cm³/mol. The molecule has 4 heteroatoms. The summed E-state index contributed by atoms with van der Waals surface area (Å²) in [6.45, 7) is 0. The molecule has 0 radical (unpaired) electrons. The van der Waals surface area contributed by atoms with E-state index >= 15 is 0 Å². The molecule has 1 rings (SSSR count). The van der Waals surface area contributed by atoms with Crippen LogP contribution in [0.15, 0.2) is 12.4 Å². The van der Waals surface area contributed by atoms with E-state index < -0.39 is 5.95 Å². The van der Waals surface area contributed by atoms with Crippen LogP contribution in [0.4, 0.5) is 4.39 Å². The molecule has 3 nitrogen and oxygen atoms in total. The molecular weight excluding hydrogens is 123 g/mol. The monoisotopic (exact) mass is 128 g/mol. The molecule has 1 aromatic rings. The number of rotatable bonds is 1. The Hall–Kier alpha value is -1.19. The van der Waals surface area contributed by atoms with Crippen LogP contribution in [0.2, 0.25) is 0 Å². The topological polar surface area (TPSA) is 35.0 Å². The van der Waals surface area contributed by atoms with Crippen molar-refractivity contribution in [1.29, 1.82) is 0 Å². The zero-order chi connectivity index (χ0) is 6.69. The van der Waals surface area contributed by atoms with Gasteiger partial charge in [-0.25, -0.2) is 9.97 Å². The first-order valence-electron chi connectivity index (χ1n) is 2.34. The van der Waals surface area contributed by atoms with E-state index in [4.69, 9.17) is 0 Å². The quantitative estimate of drug-likeness (QED) is 0.556. The number of hydrogen-bond acceptors (Lipinski definition) is 3.